The van der Waals surface area contributed by atoms with Gasteiger partial charge >= 0.3 is 6.18 Å². The van der Waals surface area contributed by atoms with Crippen molar-refractivity contribution in [2.45, 2.75) is 6.18 Å². The Balaban J connectivity index is 1.96. The summed E-state index contributed by atoms with van der Waals surface area (Å²) >= 11 is 5.81. The van der Waals surface area contributed by atoms with Crippen molar-refractivity contribution in [3.63, 3.8) is 0 Å². The van der Waals surface area contributed by atoms with Gasteiger partial charge in [0.05, 0.1) is 19.4 Å². The van der Waals surface area contributed by atoms with Crippen molar-refractivity contribution < 1.29 is 18.0 Å². The van der Waals surface area contributed by atoms with E-state index in [1.54, 1.807) is 0 Å². The molecule has 2 aromatic rings. The molecular weight excluding hydrogens is 301 g/mol. The van der Waals surface area contributed by atoms with Crippen molar-refractivity contribution in [3.8, 4) is 0 Å². The molecule has 2 heterocycles. The third kappa shape index (κ3) is 3.78. The highest BCUT2D eigenvalue weighted by Gasteiger charge is 2.26. The van der Waals surface area contributed by atoms with Gasteiger partial charge in [0.1, 0.15) is 5.52 Å². The zero-order chi connectivity index (χ0) is 14.8. The SMILES string of the molecule is O=C(CNCC(F)(F)F)Nc1nc(Cl)c2[nH]cnc2n1. The number of rotatable bonds is 4. The molecule has 108 valence electrons. The molecule has 0 fully saturated rings. The number of hydrogen-bond acceptors (Lipinski definition) is 5. The Morgan fingerprint density at radius 3 is 2.85 bits per heavy atom. The highest BCUT2D eigenvalue weighted by molar-refractivity contribution is 6.33. The number of nitrogens with one attached hydrogen (secondary N) is 3. The lowest BCUT2D eigenvalue weighted by atomic mass is 10.5. The number of fused-ring (bicyclic) bond motifs is 1. The van der Waals surface area contributed by atoms with Crippen LogP contribution in [0.4, 0.5) is 19.1 Å². The number of aromatic amines is 1. The molecule has 0 bridgehead atoms. The largest absolute Gasteiger partial charge is 0.401 e. The third-order valence-corrected chi connectivity index (χ3v) is 2.38. The van der Waals surface area contributed by atoms with Crippen molar-refractivity contribution in [1.82, 2.24) is 25.3 Å². The van der Waals surface area contributed by atoms with E-state index in [0.29, 0.717) is 5.52 Å². The van der Waals surface area contributed by atoms with Gasteiger partial charge in [-0.15, -0.1) is 0 Å². The smallest absolute Gasteiger partial charge is 0.341 e. The third-order valence-electron chi connectivity index (χ3n) is 2.10. The van der Waals surface area contributed by atoms with Crippen LogP contribution in [0.1, 0.15) is 0 Å². The van der Waals surface area contributed by atoms with Gasteiger partial charge in [-0.3, -0.25) is 10.1 Å². The maximum atomic E-state index is 11.9. The molecule has 0 aliphatic rings. The lowest BCUT2D eigenvalue weighted by molar-refractivity contribution is -0.126. The fraction of sp³-hybridized carbons (Fsp3) is 0.333. The molecular formula is C9H8ClF3N6O. The lowest BCUT2D eigenvalue weighted by Gasteiger charge is -2.08. The minimum absolute atomic E-state index is 0.0473. The number of anilines is 1. The van der Waals surface area contributed by atoms with E-state index in [0.717, 1.165) is 0 Å². The van der Waals surface area contributed by atoms with E-state index in [2.05, 4.69) is 25.3 Å². The maximum absolute atomic E-state index is 11.9. The zero-order valence-corrected chi connectivity index (χ0v) is 10.5. The summed E-state index contributed by atoms with van der Waals surface area (Å²) in [6.07, 6.45) is -3.03. The molecule has 0 saturated carbocycles. The van der Waals surface area contributed by atoms with Crippen LogP contribution in [0.25, 0.3) is 11.2 Å². The Labute approximate surface area is 115 Å². The summed E-state index contributed by atoms with van der Waals surface area (Å²) in [5, 5.41) is 4.21. The molecule has 11 heteroatoms. The number of nitrogens with zero attached hydrogens (tertiary/aromatic N) is 3. The molecule has 0 unspecified atom stereocenters. The summed E-state index contributed by atoms with van der Waals surface area (Å²) in [6.45, 7) is -1.79. The van der Waals surface area contributed by atoms with Crippen LogP contribution in [0.15, 0.2) is 6.33 Å². The van der Waals surface area contributed by atoms with Gasteiger partial charge < -0.3 is 10.3 Å². The highest BCUT2D eigenvalue weighted by Crippen LogP contribution is 2.18. The van der Waals surface area contributed by atoms with E-state index < -0.39 is 25.2 Å². The van der Waals surface area contributed by atoms with Gasteiger partial charge in [0.25, 0.3) is 0 Å². The number of carbonyl (C=O) groups excluding carboxylic acids is 1. The summed E-state index contributed by atoms with van der Waals surface area (Å²) in [5.41, 5.74) is 0.642. The Bertz CT molecular complexity index is 628. The fourth-order valence-corrected chi connectivity index (χ4v) is 1.56. The van der Waals surface area contributed by atoms with E-state index in [4.69, 9.17) is 11.6 Å². The number of hydrogen-bond donors (Lipinski definition) is 3. The molecule has 0 spiro atoms. The van der Waals surface area contributed by atoms with Gasteiger partial charge in [-0.1, -0.05) is 11.6 Å². The van der Waals surface area contributed by atoms with E-state index >= 15 is 0 Å². The number of halogens is 4. The fourth-order valence-electron chi connectivity index (χ4n) is 1.34. The molecule has 20 heavy (non-hydrogen) atoms. The van der Waals surface area contributed by atoms with Crippen LogP contribution in [0.5, 0.6) is 0 Å². The van der Waals surface area contributed by atoms with E-state index in [9.17, 15) is 18.0 Å². The standard InChI is InChI=1S/C9H8ClF3N6O/c10-6-5-7(16-3-15-5)19-8(18-6)17-4(20)1-14-2-9(11,12)13/h3,14H,1-2H2,(H2,15,16,17,18,19,20). The predicted octanol–water partition coefficient (Wildman–Crippen LogP) is 1.10. The molecule has 0 atom stereocenters. The summed E-state index contributed by atoms with van der Waals surface area (Å²) < 4.78 is 35.6. The monoisotopic (exact) mass is 308 g/mol. The normalized spacial score (nSPS) is 11.8. The number of amides is 1. The van der Waals surface area contributed by atoms with E-state index in [1.165, 1.54) is 6.33 Å². The van der Waals surface area contributed by atoms with Crippen molar-refractivity contribution in [2.75, 3.05) is 18.4 Å². The average molecular weight is 309 g/mol. The predicted molar refractivity (Wildman–Crippen MR) is 64.2 cm³/mol. The topological polar surface area (TPSA) is 95.6 Å². The van der Waals surface area contributed by atoms with E-state index in [-0.39, 0.29) is 16.7 Å². The Kier molecular flexibility index (Phi) is 4.04. The number of imidazole rings is 1. The van der Waals surface area contributed by atoms with Crippen LogP contribution in [0.3, 0.4) is 0 Å². The first-order valence-electron chi connectivity index (χ1n) is 5.29. The van der Waals surface area contributed by atoms with Crippen LogP contribution < -0.4 is 10.6 Å². The number of H-pyrrole nitrogens is 1. The molecule has 3 N–H and O–H groups in total. The van der Waals surface area contributed by atoms with Gasteiger partial charge in [-0.2, -0.15) is 23.1 Å². The summed E-state index contributed by atoms with van der Waals surface area (Å²) in [5.74, 6) is -0.853. The first-order valence-corrected chi connectivity index (χ1v) is 5.67. The van der Waals surface area contributed by atoms with Crippen molar-refractivity contribution in [1.29, 1.82) is 0 Å². The first-order chi connectivity index (χ1) is 9.35. The minimum Gasteiger partial charge on any atom is -0.341 e. The molecule has 0 radical (unpaired) electrons. The Morgan fingerprint density at radius 1 is 1.40 bits per heavy atom. The van der Waals surface area contributed by atoms with Crippen LogP contribution in [-0.4, -0.2) is 45.1 Å². The highest BCUT2D eigenvalue weighted by atomic mass is 35.5. The number of aromatic nitrogens is 4. The molecule has 2 aromatic heterocycles. The molecule has 0 aliphatic carbocycles. The molecule has 0 aromatic carbocycles. The Hall–Kier alpha value is -1.94. The van der Waals surface area contributed by atoms with Gasteiger partial charge in [0.2, 0.25) is 11.9 Å². The van der Waals surface area contributed by atoms with Gasteiger partial charge in [0, 0.05) is 0 Å². The molecule has 0 aliphatic heterocycles. The second kappa shape index (κ2) is 5.59. The quantitative estimate of drug-likeness (QED) is 0.735. The lowest BCUT2D eigenvalue weighted by Crippen LogP contribution is -2.35. The zero-order valence-electron chi connectivity index (χ0n) is 9.75. The van der Waals surface area contributed by atoms with Crippen molar-refractivity contribution >= 4 is 34.6 Å². The number of carbonyl (C=O) groups is 1. The molecule has 0 saturated heterocycles. The summed E-state index contributed by atoms with van der Waals surface area (Å²) in [7, 11) is 0. The van der Waals surface area contributed by atoms with Gasteiger partial charge in [-0.25, -0.2) is 4.98 Å². The van der Waals surface area contributed by atoms with Crippen molar-refractivity contribution in [2.24, 2.45) is 0 Å². The minimum atomic E-state index is -4.38. The van der Waals surface area contributed by atoms with Gasteiger partial charge in [0.15, 0.2) is 10.8 Å². The van der Waals surface area contributed by atoms with E-state index in [1.807, 2.05) is 5.32 Å². The molecule has 7 nitrogen and oxygen atoms in total. The first kappa shape index (κ1) is 14.5. The summed E-state index contributed by atoms with van der Waals surface area (Å²) in [4.78, 5) is 25.6. The molecule has 2 rings (SSSR count). The van der Waals surface area contributed by atoms with Crippen LogP contribution in [0, 0.1) is 0 Å². The second-order valence-corrected chi connectivity index (χ2v) is 4.06. The van der Waals surface area contributed by atoms with Crippen molar-refractivity contribution in [3.05, 3.63) is 11.5 Å². The number of alkyl halides is 3. The Morgan fingerprint density at radius 2 is 2.15 bits per heavy atom. The average Bonchev–Trinajstić information content (AvgIpc) is 2.75. The maximum Gasteiger partial charge on any atom is 0.401 e. The van der Waals surface area contributed by atoms with Gasteiger partial charge in [-0.05, 0) is 0 Å². The van der Waals surface area contributed by atoms with Crippen LogP contribution in [0.2, 0.25) is 5.15 Å². The van der Waals surface area contributed by atoms with Crippen LogP contribution >= 0.6 is 11.6 Å². The second-order valence-electron chi connectivity index (χ2n) is 3.71. The summed E-state index contributed by atoms with van der Waals surface area (Å²) in [6, 6.07) is 0. The molecule has 1 amide bonds. The van der Waals surface area contributed by atoms with Crippen LogP contribution in [-0.2, 0) is 4.79 Å².